The Morgan fingerprint density at radius 3 is 2.67 bits per heavy atom. The molecule has 0 saturated heterocycles. The highest BCUT2D eigenvalue weighted by Crippen LogP contribution is 2.41. The van der Waals surface area contributed by atoms with Crippen LogP contribution in [-0.4, -0.2) is 14.8 Å². The molecule has 1 aliphatic rings. The third-order valence-corrected chi connectivity index (χ3v) is 4.05. The summed E-state index contributed by atoms with van der Waals surface area (Å²) < 4.78 is 2.07. The first-order valence-electron chi connectivity index (χ1n) is 5.66. The van der Waals surface area contributed by atoms with Gasteiger partial charge in [0, 0.05) is 11.6 Å². The fourth-order valence-electron chi connectivity index (χ4n) is 1.99. The molecule has 0 unspecified atom stereocenters. The van der Waals surface area contributed by atoms with Gasteiger partial charge in [-0.3, -0.25) is 0 Å². The van der Waals surface area contributed by atoms with Crippen molar-refractivity contribution in [1.82, 2.24) is 14.8 Å². The Morgan fingerprint density at radius 2 is 2.00 bits per heavy atom. The van der Waals surface area contributed by atoms with Gasteiger partial charge in [0.15, 0.2) is 5.82 Å². The first kappa shape index (κ1) is 12.3. The number of nitrogens with zero attached hydrogens (tertiary/aromatic N) is 3. The summed E-state index contributed by atoms with van der Waals surface area (Å²) in [4.78, 5) is 0. The average Bonchev–Trinajstić information content (AvgIpc) is 3.12. The Hall–Kier alpha value is -0.770. The molecular weight excluding hydrogens is 293 g/mol. The lowest BCUT2D eigenvalue weighted by molar-refractivity contribution is 0.712. The highest BCUT2D eigenvalue weighted by atomic mass is 35.5. The zero-order valence-electron chi connectivity index (χ0n) is 9.41. The van der Waals surface area contributed by atoms with Gasteiger partial charge in [-0.25, -0.2) is 0 Å². The fraction of sp³-hybridized carbons (Fsp3) is 0.333. The van der Waals surface area contributed by atoms with E-state index in [0.717, 1.165) is 30.1 Å². The van der Waals surface area contributed by atoms with Crippen molar-refractivity contribution >= 4 is 34.8 Å². The zero-order chi connectivity index (χ0) is 12.7. The molecule has 0 amide bonds. The number of aromatic nitrogens is 3. The lowest BCUT2D eigenvalue weighted by atomic mass is 10.2. The SMILES string of the molecule is ClCc1nnc(-c2cccc(Cl)c2Cl)n1C1CC1. The van der Waals surface area contributed by atoms with E-state index >= 15 is 0 Å². The molecule has 3 rings (SSSR count). The minimum Gasteiger partial charge on any atom is -0.307 e. The van der Waals surface area contributed by atoms with Gasteiger partial charge in [0.25, 0.3) is 0 Å². The second kappa shape index (κ2) is 4.72. The third kappa shape index (κ3) is 2.00. The maximum atomic E-state index is 6.23. The van der Waals surface area contributed by atoms with Gasteiger partial charge in [0.1, 0.15) is 5.82 Å². The van der Waals surface area contributed by atoms with Gasteiger partial charge in [0.05, 0.1) is 15.9 Å². The molecule has 1 heterocycles. The molecule has 0 radical (unpaired) electrons. The van der Waals surface area contributed by atoms with Crippen LogP contribution in [0.15, 0.2) is 18.2 Å². The van der Waals surface area contributed by atoms with E-state index in [9.17, 15) is 0 Å². The van der Waals surface area contributed by atoms with E-state index in [0.29, 0.717) is 22.0 Å². The molecule has 6 heteroatoms. The topological polar surface area (TPSA) is 30.7 Å². The highest BCUT2D eigenvalue weighted by molar-refractivity contribution is 6.43. The Labute approximate surface area is 120 Å². The van der Waals surface area contributed by atoms with Crippen molar-refractivity contribution in [2.45, 2.75) is 24.8 Å². The minimum absolute atomic E-state index is 0.349. The van der Waals surface area contributed by atoms with Crippen molar-refractivity contribution in [3.63, 3.8) is 0 Å². The van der Waals surface area contributed by atoms with Crippen molar-refractivity contribution in [2.75, 3.05) is 0 Å². The van der Waals surface area contributed by atoms with E-state index < -0.39 is 0 Å². The molecule has 0 N–H and O–H groups in total. The van der Waals surface area contributed by atoms with E-state index in [1.165, 1.54) is 0 Å². The summed E-state index contributed by atoms with van der Waals surface area (Å²) in [5.74, 6) is 1.88. The predicted octanol–water partition coefficient (Wildman–Crippen LogP) is 4.33. The molecule has 1 saturated carbocycles. The Balaban J connectivity index is 2.17. The molecule has 0 spiro atoms. The third-order valence-electron chi connectivity index (χ3n) is 2.99. The standard InChI is InChI=1S/C12H10Cl3N3/c13-6-10-16-17-12(18(10)7-4-5-7)8-2-1-3-9(14)11(8)15/h1-3,7H,4-6H2. The number of benzene rings is 1. The molecule has 3 nitrogen and oxygen atoms in total. The van der Waals surface area contributed by atoms with E-state index in [1.807, 2.05) is 12.1 Å². The van der Waals surface area contributed by atoms with Gasteiger partial charge < -0.3 is 4.57 Å². The van der Waals surface area contributed by atoms with Gasteiger partial charge in [-0.05, 0) is 25.0 Å². The predicted molar refractivity (Wildman–Crippen MR) is 73.3 cm³/mol. The molecule has 0 bridgehead atoms. The summed E-state index contributed by atoms with van der Waals surface area (Å²) in [5.41, 5.74) is 0.805. The molecular formula is C12H10Cl3N3. The molecule has 94 valence electrons. The first-order valence-corrected chi connectivity index (χ1v) is 6.95. The summed E-state index contributed by atoms with van der Waals surface area (Å²) in [6.07, 6.45) is 2.26. The molecule has 18 heavy (non-hydrogen) atoms. The van der Waals surface area contributed by atoms with Crippen LogP contribution < -0.4 is 0 Å². The summed E-state index contributed by atoms with van der Waals surface area (Å²) in [7, 11) is 0. The van der Waals surface area contributed by atoms with Crippen LogP contribution in [0, 0.1) is 0 Å². The molecule has 0 atom stereocenters. The number of rotatable bonds is 3. The van der Waals surface area contributed by atoms with Crippen LogP contribution in [0.2, 0.25) is 10.0 Å². The summed E-state index contributed by atoms with van der Waals surface area (Å²) in [5, 5.41) is 9.36. The molecule has 1 aromatic carbocycles. The Morgan fingerprint density at radius 1 is 1.22 bits per heavy atom. The highest BCUT2D eigenvalue weighted by Gasteiger charge is 2.30. The van der Waals surface area contributed by atoms with Gasteiger partial charge in [-0.2, -0.15) is 0 Å². The van der Waals surface area contributed by atoms with Gasteiger partial charge >= 0.3 is 0 Å². The fourth-order valence-corrected chi connectivity index (χ4v) is 2.56. The molecule has 1 aromatic heterocycles. The van der Waals surface area contributed by atoms with E-state index in [2.05, 4.69) is 14.8 Å². The largest absolute Gasteiger partial charge is 0.307 e. The van der Waals surface area contributed by atoms with Crippen molar-refractivity contribution in [1.29, 1.82) is 0 Å². The van der Waals surface area contributed by atoms with Crippen LogP contribution in [0.25, 0.3) is 11.4 Å². The van der Waals surface area contributed by atoms with E-state index in [1.54, 1.807) is 6.07 Å². The average molecular weight is 303 g/mol. The van der Waals surface area contributed by atoms with Crippen LogP contribution >= 0.6 is 34.8 Å². The van der Waals surface area contributed by atoms with Crippen LogP contribution in [-0.2, 0) is 5.88 Å². The second-order valence-electron chi connectivity index (χ2n) is 4.28. The van der Waals surface area contributed by atoms with Crippen LogP contribution in [0.3, 0.4) is 0 Å². The van der Waals surface area contributed by atoms with Gasteiger partial charge in [0.2, 0.25) is 0 Å². The number of hydrogen-bond donors (Lipinski definition) is 0. The summed E-state index contributed by atoms with van der Waals surface area (Å²) in [6, 6.07) is 5.96. The van der Waals surface area contributed by atoms with Crippen molar-refractivity contribution < 1.29 is 0 Å². The Kier molecular flexibility index (Phi) is 3.22. The molecule has 2 aromatic rings. The van der Waals surface area contributed by atoms with Gasteiger partial charge in [-0.1, -0.05) is 29.3 Å². The monoisotopic (exact) mass is 301 g/mol. The maximum Gasteiger partial charge on any atom is 0.165 e. The van der Waals surface area contributed by atoms with Crippen molar-refractivity contribution in [2.24, 2.45) is 0 Å². The molecule has 1 fully saturated rings. The van der Waals surface area contributed by atoms with Crippen LogP contribution in [0.1, 0.15) is 24.7 Å². The maximum absolute atomic E-state index is 6.23. The quantitative estimate of drug-likeness (QED) is 0.790. The Bertz CT molecular complexity index is 590. The summed E-state index contributed by atoms with van der Waals surface area (Å²) >= 11 is 18.2. The summed E-state index contributed by atoms with van der Waals surface area (Å²) in [6.45, 7) is 0. The first-order chi connectivity index (χ1) is 8.72. The normalized spacial score (nSPS) is 15.1. The van der Waals surface area contributed by atoms with E-state index in [-0.39, 0.29) is 0 Å². The smallest absolute Gasteiger partial charge is 0.165 e. The second-order valence-corrected chi connectivity index (χ2v) is 5.33. The molecule has 1 aliphatic carbocycles. The zero-order valence-corrected chi connectivity index (χ0v) is 11.7. The van der Waals surface area contributed by atoms with E-state index in [4.69, 9.17) is 34.8 Å². The minimum atomic E-state index is 0.349. The lowest BCUT2D eigenvalue weighted by Gasteiger charge is -2.09. The number of hydrogen-bond acceptors (Lipinski definition) is 2. The number of alkyl halides is 1. The van der Waals surface area contributed by atoms with Crippen molar-refractivity contribution in [3.05, 3.63) is 34.1 Å². The van der Waals surface area contributed by atoms with Crippen LogP contribution in [0.5, 0.6) is 0 Å². The lowest BCUT2D eigenvalue weighted by Crippen LogP contribution is -2.02. The van der Waals surface area contributed by atoms with Crippen LogP contribution in [0.4, 0.5) is 0 Å². The molecule has 0 aliphatic heterocycles. The van der Waals surface area contributed by atoms with Gasteiger partial charge in [-0.15, -0.1) is 21.8 Å². The number of halogens is 3. The van der Waals surface area contributed by atoms with Crippen molar-refractivity contribution in [3.8, 4) is 11.4 Å².